The Hall–Kier alpha value is -0.800. The van der Waals surface area contributed by atoms with E-state index in [0.29, 0.717) is 5.92 Å². The second-order valence-corrected chi connectivity index (χ2v) is 2.94. The topological polar surface area (TPSA) is 51.2 Å². The van der Waals surface area contributed by atoms with Crippen LogP contribution in [0.25, 0.3) is 0 Å². The molecule has 0 radical (unpaired) electrons. The minimum Gasteiger partial charge on any atom is -0.469 e. The van der Waals surface area contributed by atoms with Gasteiger partial charge in [0.15, 0.2) is 0 Å². The zero-order chi connectivity index (χ0) is 7.68. The third-order valence-electron chi connectivity index (χ3n) is 2.17. The molecule has 60 valence electrons. The van der Waals surface area contributed by atoms with Gasteiger partial charge in [0.05, 0.1) is 6.26 Å². The quantitative estimate of drug-likeness (QED) is 0.608. The van der Waals surface area contributed by atoms with E-state index in [2.05, 4.69) is 5.32 Å². The van der Waals surface area contributed by atoms with E-state index in [0.717, 1.165) is 18.8 Å². The normalized spacial score (nSPS) is 31.0. The summed E-state index contributed by atoms with van der Waals surface area (Å²) in [5.74, 6) is 1.37. The smallest absolute Gasteiger partial charge is 0.109 e. The SMILES string of the molecule is N[C@H]1CNC[C@@H]1c1ccco1. The van der Waals surface area contributed by atoms with Gasteiger partial charge in [0.25, 0.3) is 0 Å². The first-order valence-electron chi connectivity index (χ1n) is 3.87. The summed E-state index contributed by atoms with van der Waals surface area (Å²) < 4.78 is 5.27. The Balaban J connectivity index is 2.16. The van der Waals surface area contributed by atoms with Gasteiger partial charge in [-0.15, -0.1) is 0 Å². The number of nitrogens with two attached hydrogens (primary N) is 1. The van der Waals surface area contributed by atoms with Gasteiger partial charge in [0, 0.05) is 25.0 Å². The van der Waals surface area contributed by atoms with Gasteiger partial charge in [-0.3, -0.25) is 0 Å². The first-order valence-corrected chi connectivity index (χ1v) is 3.87. The maximum absolute atomic E-state index is 5.85. The molecule has 1 saturated heterocycles. The van der Waals surface area contributed by atoms with Gasteiger partial charge in [-0.2, -0.15) is 0 Å². The Morgan fingerprint density at radius 1 is 1.55 bits per heavy atom. The number of furan rings is 1. The van der Waals surface area contributed by atoms with E-state index in [1.807, 2.05) is 12.1 Å². The molecule has 3 N–H and O–H groups in total. The second-order valence-electron chi connectivity index (χ2n) is 2.94. The van der Waals surface area contributed by atoms with Crippen molar-refractivity contribution in [3.8, 4) is 0 Å². The monoisotopic (exact) mass is 152 g/mol. The van der Waals surface area contributed by atoms with Crippen molar-refractivity contribution in [3.05, 3.63) is 24.2 Å². The van der Waals surface area contributed by atoms with Crippen molar-refractivity contribution in [2.45, 2.75) is 12.0 Å². The van der Waals surface area contributed by atoms with Crippen molar-refractivity contribution < 1.29 is 4.42 Å². The number of nitrogens with one attached hydrogen (secondary N) is 1. The van der Waals surface area contributed by atoms with Gasteiger partial charge in [0.1, 0.15) is 5.76 Å². The van der Waals surface area contributed by atoms with Crippen LogP contribution in [0.1, 0.15) is 11.7 Å². The Morgan fingerprint density at radius 3 is 3.00 bits per heavy atom. The molecule has 11 heavy (non-hydrogen) atoms. The van der Waals surface area contributed by atoms with Gasteiger partial charge in [-0.25, -0.2) is 0 Å². The van der Waals surface area contributed by atoms with E-state index in [1.165, 1.54) is 0 Å². The highest BCUT2D eigenvalue weighted by molar-refractivity contribution is 5.11. The molecule has 2 atom stereocenters. The number of rotatable bonds is 1. The van der Waals surface area contributed by atoms with Crippen LogP contribution in [0.4, 0.5) is 0 Å². The predicted octanol–water partition coefficient (Wildman–Crippen LogP) is 0.294. The highest BCUT2D eigenvalue weighted by atomic mass is 16.3. The maximum atomic E-state index is 5.85. The molecule has 0 amide bonds. The summed E-state index contributed by atoms with van der Waals surface area (Å²) in [5, 5.41) is 3.23. The van der Waals surface area contributed by atoms with Crippen molar-refractivity contribution in [1.29, 1.82) is 0 Å². The minimum atomic E-state index is 0.209. The summed E-state index contributed by atoms with van der Waals surface area (Å²) in [4.78, 5) is 0. The summed E-state index contributed by atoms with van der Waals surface area (Å²) in [6, 6.07) is 4.10. The third kappa shape index (κ3) is 1.17. The van der Waals surface area contributed by atoms with Crippen LogP contribution in [0.5, 0.6) is 0 Å². The summed E-state index contributed by atoms with van der Waals surface area (Å²) >= 11 is 0. The molecule has 0 aliphatic carbocycles. The molecule has 2 rings (SSSR count). The Bertz CT molecular complexity index is 220. The molecule has 0 unspecified atom stereocenters. The van der Waals surface area contributed by atoms with Crippen molar-refractivity contribution in [1.82, 2.24) is 5.32 Å². The Labute approximate surface area is 65.6 Å². The molecular formula is C8H12N2O. The maximum Gasteiger partial charge on any atom is 0.109 e. The average Bonchev–Trinajstić information content (AvgIpc) is 2.55. The first-order chi connectivity index (χ1) is 5.38. The zero-order valence-corrected chi connectivity index (χ0v) is 6.29. The fourth-order valence-electron chi connectivity index (χ4n) is 1.51. The average molecular weight is 152 g/mol. The molecule has 0 bridgehead atoms. The molecule has 2 heterocycles. The van der Waals surface area contributed by atoms with Crippen LogP contribution in [0, 0.1) is 0 Å². The second kappa shape index (κ2) is 2.68. The van der Waals surface area contributed by atoms with E-state index >= 15 is 0 Å². The Morgan fingerprint density at radius 2 is 2.45 bits per heavy atom. The van der Waals surface area contributed by atoms with Crippen molar-refractivity contribution >= 4 is 0 Å². The molecule has 1 aliphatic heterocycles. The van der Waals surface area contributed by atoms with E-state index < -0.39 is 0 Å². The lowest BCUT2D eigenvalue weighted by atomic mass is 10.0. The highest BCUT2D eigenvalue weighted by Crippen LogP contribution is 2.21. The summed E-state index contributed by atoms with van der Waals surface area (Å²) in [5.41, 5.74) is 5.85. The van der Waals surface area contributed by atoms with Crippen LogP contribution in [0.2, 0.25) is 0 Å². The molecular weight excluding hydrogens is 140 g/mol. The first kappa shape index (κ1) is 6.88. The van der Waals surface area contributed by atoms with Crippen LogP contribution in [0.3, 0.4) is 0 Å². The van der Waals surface area contributed by atoms with Crippen LogP contribution >= 0.6 is 0 Å². The minimum absolute atomic E-state index is 0.209. The van der Waals surface area contributed by atoms with Crippen molar-refractivity contribution in [2.75, 3.05) is 13.1 Å². The molecule has 0 saturated carbocycles. The molecule has 0 spiro atoms. The summed E-state index contributed by atoms with van der Waals surface area (Å²) in [7, 11) is 0. The lowest BCUT2D eigenvalue weighted by molar-refractivity contribution is 0.456. The predicted molar refractivity (Wildman–Crippen MR) is 42.3 cm³/mol. The zero-order valence-electron chi connectivity index (χ0n) is 6.29. The van der Waals surface area contributed by atoms with Crippen molar-refractivity contribution in [3.63, 3.8) is 0 Å². The molecule has 1 fully saturated rings. The van der Waals surface area contributed by atoms with E-state index in [-0.39, 0.29) is 6.04 Å². The fraction of sp³-hybridized carbons (Fsp3) is 0.500. The van der Waals surface area contributed by atoms with Gasteiger partial charge < -0.3 is 15.5 Å². The standard InChI is InChI=1S/C8H12N2O/c9-7-5-10-4-6(7)8-2-1-3-11-8/h1-3,6-7,10H,4-5,9H2/t6-,7-/m0/s1. The van der Waals surface area contributed by atoms with Crippen LogP contribution in [-0.2, 0) is 0 Å². The van der Waals surface area contributed by atoms with E-state index in [1.54, 1.807) is 6.26 Å². The lowest BCUT2D eigenvalue weighted by Gasteiger charge is -2.09. The van der Waals surface area contributed by atoms with Crippen LogP contribution in [-0.4, -0.2) is 19.1 Å². The Kier molecular flexibility index (Phi) is 1.68. The molecule has 1 aromatic heterocycles. The lowest BCUT2D eigenvalue weighted by Crippen LogP contribution is -2.27. The highest BCUT2D eigenvalue weighted by Gasteiger charge is 2.26. The van der Waals surface area contributed by atoms with Gasteiger partial charge in [-0.1, -0.05) is 0 Å². The fourth-order valence-corrected chi connectivity index (χ4v) is 1.51. The summed E-state index contributed by atoms with van der Waals surface area (Å²) in [6.45, 7) is 1.83. The van der Waals surface area contributed by atoms with Gasteiger partial charge in [0.2, 0.25) is 0 Å². The van der Waals surface area contributed by atoms with Gasteiger partial charge >= 0.3 is 0 Å². The van der Waals surface area contributed by atoms with E-state index in [9.17, 15) is 0 Å². The third-order valence-corrected chi connectivity index (χ3v) is 2.17. The molecule has 3 nitrogen and oxygen atoms in total. The molecule has 1 aromatic rings. The van der Waals surface area contributed by atoms with E-state index in [4.69, 9.17) is 10.2 Å². The van der Waals surface area contributed by atoms with Crippen molar-refractivity contribution in [2.24, 2.45) is 5.73 Å². The van der Waals surface area contributed by atoms with Crippen LogP contribution in [0.15, 0.2) is 22.8 Å². The van der Waals surface area contributed by atoms with Gasteiger partial charge in [-0.05, 0) is 12.1 Å². The largest absolute Gasteiger partial charge is 0.469 e. The molecule has 1 aliphatic rings. The molecule has 3 heteroatoms. The summed E-state index contributed by atoms with van der Waals surface area (Å²) in [6.07, 6.45) is 1.69. The number of hydrogen-bond donors (Lipinski definition) is 2. The van der Waals surface area contributed by atoms with Crippen LogP contribution < -0.4 is 11.1 Å². The molecule has 0 aromatic carbocycles. The number of hydrogen-bond acceptors (Lipinski definition) is 3.